The second-order valence-electron chi connectivity index (χ2n) is 1.96. The Balaban J connectivity index is 2.83. The van der Waals surface area contributed by atoms with Crippen molar-refractivity contribution in [3.05, 3.63) is 24.0 Å². The number of ether oxygens (including phenoxy) is 1. The van der Waals surface area contributed by atoms with E-state index in [1.54, 1.807) is 25.4 Å². The third kappa shape index (κ3) is 1.89. The molecule has 0 bridgehead atoms. The largest absolute Gasteiger partial charge is 0.495 e. The molecule has 1 aromatic rings. The van der Waals surface area contributed by atoms with Gasteiger partial charge in [-0.15, -0.1) is 0 Å². The van der Waals surface area contributed by atoms with Crippen LogP contribution in [0.4, 0.5) is 0 Å². The zero-order valence-corrected chi connectivity index (χ0v) is 6.28. The van der Waals surface area contributed by atoms with Crippen LogP contribution >= 0.6 is 0 Å². The fourth-order valence-corrected chi connectivity index (χ4v) is 0.796. The van der Waals surface area contributed by atoms with Gasteiger partial charge in [-0.25, -0.2) is 5.90 Å². The smallest absolute Gasteiger partial charge is 0.142 e. The van der Waals surface area contributed by atoms with E-state index >= 15 is 0 Å². The van der Waals surface area contributed by atoms with Crippen LogP contribution in [-0.2, 0) is 11.4 Å². The number of aromatic nitrogens is 1. The van der Waals surface area contributed by atoms with Crippen LogP contribution in [0, 0.1) is 0 Å². The fraction of sp³-hybridized carbons (Fsp3) is 0.286. The van der Waals surface area contributed by atoms with Crippen LogP contribution in [-0.4, -0.2) is 12.1 Å². The van der Waals surface area contributed by atoms with Gasteiger partial charge in [0, 0.05) is 6.20 Å². The molecule has 4 nitrogen and oxygen atoms in total. The Bertz CT molecular complexity index is 227. The van der Waals surface area contributed by atoms with Gasteiger partial charge in [-0.3, -0.25) is 9.82 Å². The van der Waals surface area contributed by atoms with Crippen molar-refractivity contribution < 1.29 is 9.57 Å². The second-order valence-corrected chi connectivity index (χ2v) is 1.96. The standard InChI is InChI=1S/C7H10N2O2/c1-10-7-3-2-4-9-6(7)5-11-8/h2-4H,5,8H2,1H3. The van der Waals surface area contributed by atoms with Crippen molar-refractivity contribution >= 4 is 0 Å². The molecule has 0 atom stereocenters. The molecule has 60 valence electrons. The van der Waals surface area contributed by atoms with Crippen molar-refractivity contribution in [1.29, 1.82) is 0 Å². The maximum Gasteiger partial charge on any atom is 0.142 e. The van der Waals surface area contributed by atoms with Crippen molar-refractivity contribution in [2.24, 2.45) is 5.90 Å². The predicted octanol–water partition coefficient (Wildman–Crippen LogP) is 0.480. The molecule has 11 heavy (non-hydrogen) atoms. The van der Waals surface area contributed by atoms with Crippen molar-refractivity contribution in [2.45, 2.75) is 6.61 Å². The third-order valence-corrected chi connectivity index (χ3v) is 1.29. The first kappa shape index (κ1) is 7.97. The van der Waals surface area contributed by atoms with Crippen LogP contribution in [0.25, 0.3) is 0 Å². The van der Waals surface area contributed by atoms with Crippen molar-refractivity contribution in [1.82, 2.24) is 4.98 Å². The van der Waals surface area contributed by atoms with Crippen LogP contribution in [0.3, 0.4) is 0 Å². The molecule has 0 saturated carbocycles. The highest BCUT2D eigenvalue weighted by Gasteiger charge is 2.00. The van der Waals surface area contributed by atoms with Gasteiger partial charge in [0.25, 0.3) is 0 Å². The molecule has 0 aliphatic carbocycles. The van der Waals surface area contributed by atoms with Crippen LogP contribution in [0.1, 0.15) is 5.69 Å². The fourth-order valence-electron chi connectivity index (χ4n) is 0.796. The monoisotopic (exact) mass is 154 g/mol. The van der Waals surface area contributed by atoms with Gasteiger partial charge in [0.2, 0.25) is 0 Å². The van der Waals surface area contributed by atoms with E-state index < -0.39 is 0 Å². The summed E-state index contributed by atoms with van der Waals surface area (Å²) in [4.78, 5) is 8.44. The first-order valence-electron chi connectivity index (χ1n) is 3.18. The van der Waals surface area contributed by atoms with Gasteiger partial charge >= 0.3 is 0 Å². The quantitative estimate of drug-likeness (QED) is 0.643. The predicted molar refractivity (Wildman–Crippen MR) is 39.8 cm³/mol. The molecule has 0 radical (unpaired) electrons. The molecule has 4 heteroatoms. The number of nitrogens with two attached hydrogens (primary N) is 1. The van der Waals surface area contributed by atoms with Crippen LogP contribution in [0.5, 0.6) is 5.75 Å². The van der Waals surface area contributed by atoms with E-state index in [1.807, 2.05) is 0 Å². The molecule has 0 spiro atoms. The third-order valence-electron chi connectivity index (χ3n) is 1.29. The summed E-state index contributed by atoms with van der Waals surface area (Å²) >= 11 is 0. The summed E-state index contributed by atoms with van der Waals surface area (Å²) in [6.45, 7) is 0.268. The number of methoxy groups -OCH3 is 1. The number of rotatable bonds is 3. The molecule has 0 saturated heterocycles. The lowest BCUT2D eigenvalue weighted by atomic mass is 10.3. The van der Waals surface area contributed by atoms with Crippen LogP contribution < -0.4 is 10.6 Å². The molecular formula is C7H10N2O2. The average molecular weight is 154 g/mol. The topological polar surface area (TPSA) is 57.4 Å². The van der Waals surface area contributed by atoms with Gasteiger partial charge in [-0.2, -0.15) is 0 Å². The Kier molecular flexibility index (Phi) is 2.83. The minimum Gasteiger partial charge on any atom is -0.495 e. The van der Waals surface area contributed by atoms with Gasteiger partial charge in [0.05, 0.1) is 7.11 Å². The summed E-state index contributed by atoms with van der Waals surface area (Å²) in [6, 6.07) is 3.60. The molecule has 1 heterocycles. The molecule has 0 fully saturated rings. The lowest BCUT2D eigenvalue weighted by molar-refractivity contribution is 0.119. The molecular weight excluding hydrogens is 144 g/mol. The van der Waals surface area contributed by atoms with E-state index in [-0.39, 0.29) is 6.61 Å². The zero-order valence-electron chi connectivity index (χ0n) is 6.28. The van der Waals surface area contributed by atoms with Gasteiger partial charge in [-0.1, -0.05) is 0 Å². The Morgan fingerprint density at radius 1 is 1.64 bits per heavy atom. The summed E-state index contributed by atoms with van der Waals surface area (Å²) in [7, 11) is 1.58. The van der Waals surface area contributed by atoms with Gasteiger partial charge in [0.1, 0.15) is 18.1 Å². The van der Waals surface area contributed by atoms with E-state index in [0.717, 1.165) is 0 Å². The highest BCUT2D eigenvalue weighted by atomic mass is 16.6. The Morgan fingerprint density at radius 2 is 2.45 bits per heavy atom. The molecule has 1 aromatic heterocycles. The van der Waals surface area contributed by atoms with Crippen molar-refractivity contribution in [3.8, 4) is 5.75 Å². The summed E-state index contributed by atoms with van der Waals surface area (Å²) in [5.41, 5.74) is 0.706. The van der Waals surface area contributed by atoms with Gasteiger partial charge in [-0.05, 0) is 12.1 Å². The number of hydrogen-bond acceptors (Lipinski definition) is 4. The number of hydrogen-bond donors (Lipinski definition) is 1. The highest BCUT2D eigenvalue weighted by molar-refractivity contribution is 5.25. The maximum atomic E-state index is 5.00. The molecule has 0 aliphatic rings. The van der Waals surface area contributed by atoms with E-state index in [1.165, 1.54) is 0 Å². The summed E-state index contributed by atoms with van der Waals surface area (Å²) in [6.07, 6.45) is 1.66. The first-order chi connectivity index (χ1) is 5.38. The molecule has 2 N–H and O–H groups in total. The highest BCUT2D eigenvalue weighted by Crippen LogP contribution is 2.14. The lowest BCUT2D eigenvalue weighted by Crippen LogP contribution is -2.02. The average Bonchev–Trinajstić information content (AvgIpc) is 2.06. The molecule has 0 unspecified atom stereocenters. The first-order valence-corrected chi connectivity index (χ1v) is 3.18. The Morgan fingerprint density at radius 3 is 3.09 bits per heavy atom. The van der Waals surface area contributed by atoms with E-state index in [2.05, 4.69) is 9.82 Å². The second kappa shape index (κ2) is 3.90. The molecule has 0 amide bonds. The Labute approximate surface area is 64.9 Å². The van der Waals surface area contributed by atoms with Gasteiger partial charge < -0.3 is 4.74 Å². The van der Waals surface area contributed by atoms with E-state index in [0.29, 0.717) is 11.4 Å². The molecule has 0 aliphatic heterocycles. The normalized spacial score (nSPS) is 9.64. The molecule has 1 rings (SSSR count). The van der Waals surface area contributed by atoms with E-state index in [4.69, 9.17) is 10.6 Å². The summed E-state index contributed by atoms with van der Waals surface area (Å²) < 4.78 is 5.00. The summed E-state index contributed by atoms with van der Waals surface area (Å²) in [5.74, 6) is 5.58. The Hall–Kier alpha value is -1.13. The lowest BCUT2D eigenvalue weighted by Gasteiger charge is -2.04. The molecule has 0 aromatic carbocycles. The van der Waals surface area contributed by atoms with E-state index in [9.17, 15) is 0 Å². The van der Waals surface area contributed by atoms with Crippen molar-refractivity contribution in [3.63, 3.8) is 0 Å². The SMILES string of the molecule is COc1cccnc1CON. The zero-order chi connectivity index (χ0) is 8.10. The van der Waals surface area contributed by atoms with Crippen LogP contribution in [0.15, 0.2) is 18.3 Å². The minimum absolute atomic E-state index is 0.268. The number of nitrogens with zero attached hydrogens (tertiary/aromatic N) is 1. The number of pyridine rings is 1. The van der Waals surface area contributed by atoms with Gasteiger partial charge in [0.15, 0.2) is 0 Å². The summed E-state index contributed by atoms with van der Waals surface area (Å²) in [5, 5.41) is 0. The van der Waals surface area contributed by atoms with Crippen molar-refractivity contribution in [2.75, 3.05) is 7.11 Å². The maximum absolute atomic E-state index is 5.00. The minimum atomic E-state index is 0.268. The van der Waals surface area contributed by atoms with Crippen LogP contribution in [0.2, 0.25) is 0 Å².